The van der Waals surface area contributed by atoms with Crippen molar-refractivity contribution in [3.05, 3.63) is 108 Å². The van der Waals surface area contributed by atoms with Crippen LogP contribution in [0.2, 0.25) is 0 Å². The quantitative estimate of drug-likeness (QED) is 0.418. The van der Waals surface area contributed by atoms with Gasteiger partial charge in [0.25, 0.3) is 0 Å². The van der Waals surface area contributed by atoms with E-state index in [9.17, 15) is 5.41 Å². The average molecular weight is 431 g/mol. The monoisotopic (exact) mass is 430 g/mol. The largest absolute Gasteiger partial charge is 0.302 e. The highest BCUT2D eigenvalue weighted by molar-refractivity contribution is 5.85. The molecule has 0 aliphatic carbocycles. The molecule has 1 N–H and O–H groups in total. The van der Waals surface area contributed by atoms with Gasteiger partial charge in [-0.1, -0.05) is 60.2 Å². The van der Waals surface area contributed by atoms with Gasteiger partial charge in [-0.2, -0.15) is 0 Å². The fourth-order valence-electron chi connectivity index (χ4n) is 4.53. The van der Waals surface area contributed by atoms with Gasteiger partial charge in [-0.3, -0.25) is 9.98 Å². The van der Waals surface area contributed by atoms with E-state index in [0.717, 1.165) is 44.9 Å². The fraction of sp³-hybridized carbons (Fsp3) is 0.0741. The first-order valence-corrected chi connectivity index (χ1v) is 10.9. The minimum atomic E-state index is 0.388. The molecule has 0 amide bonds. The Kier molecular flexibility index (Phi) is 4.26. The molecule has 0 aliphatic heterocycles. The third-order valence-corrected chi connectivity index (χ3v) is 6.01. The maximum atomic E-state index is 9.19. The SMILES string of the molecule is Cc1cccc(-c2nnc3n(-c4ccccc4)c(=N)c4c(C)cn(-c5ccccc5)c4n23)c1. The van der Waals surface area contributed by atoms with Crippen LogP contribution in [-0.2, 0) is 0 Å². The van der Waals surface area contributed by atoms with E-state index in [-0.39, 0.29) is 0 Å². The molecular formula is C27H22N6. The molecule has 0 spiro atoms. The van der Waals surface area contributed by atoms with Gasteiger partial charge in [-0.25, -0.2) is 4.40 Å². The maximum absolute atomic E-state index is 9.19. The van der Waals surface area contributed by atoms with Gasteiger partial charge in [0.2, 0.25) is 5.78 Å². The van der Waals surface area contributed by atoms with Crippen LogP contribution in [0.3, 0.4) is 0 Å². The Morgan fingerprint density at radius 2 is 1.45 bits per heavy atom. The molecule has 0 saturated carbocycles. The Labute approximate surface area is 190 Å². The minimum Gasteiger partial charge on any atom is -0.302 e. The van der Waals surface area contributed by atoms with Crippen LogP contribution in [0.5, 0.6) is 0 Å². The van der Waals surface area contributed by atoms with Gasteiger partial charge < -0.3 is 4.57 Å². The summed E-state index contributed by atoms with van der Waals surface area (Å²) in [6.45, 7) is 4.13. The second-order valence-corrected chi connectivity index (χ2v) is 8.26. The van der Waals surface area contributed by atoms with E-state index in [1.165, 1.54) is 0 Å². The highest BCUT2D eigenvalue weighted by atomic mass is 15.3. The Balaban J connectivity index is 1.84. The highest BCUT2D eigenvalue weighted by Gasteiger charge is 2.22. The van der Waals surface area contributed by atoms with Crippen LogP contribution in [0.4, 0.5) is 0 Å². The third-order valence-electron chi connectivity index (χ3n) is 6.01. The van der Waals surface area contributed by atoms with Crippen molar-refractivity contribution in [2.24, 2.45) is 0 Å². The molecule has 6 rings (SSSR count). The lowest BCUT2D eigenvalue weighted by Gasteiger charge is -2.14. The predicted octanol–water partition coefficient (Wildman–Crippen LogP) is 5.23. The van der Waals surface area contributed by atoms with Crippen LogP contribution >= 0.6 is 0 Å². The first kappa shape index (κ1) is 19.3. The summed E-state index contributed by atoms with van der Waals surface area (Å²) in [7, 11) is 0. The predicted molar refractivity (Wildman–Crippen MR) is 130 cm³/mol. The van der Waals surface area contributed by atoms with E-state index in [0.29, 0.717) is 11.3 Å². The molecule has 0 bridgehead atoms. The molecule has 33 heavy (non-hydrogen) atoms. The average Bonchev–Trinajstić information content (AvgIpc) is 3.42. The number of rotatable bonds is 3. The van der Waals surface area contributed by atoms with E-state index in [1.54, 1.807) is 0 Å². The lowest BCUT2D eigenvalue weighted by atomic mass is 10.1. The second kappa shape index (κ2) is 7.31. The van der Waals surface area contributed by atoms with E-state index in [1.807, 2.05) is 59.2 Å². The van der Waals surface area contributed by atoms with E-state index < -0.39 is 0 Å². The summed E-state index contributed by atoms with van der Waals surface area (Å²) in [6, 6.07) is 28.4. The molecule has 6 aromatic rings. The lowest BCUT2D eigenvalue weighted by Crippen LogP contribution is -2.22. The van der Waals surface area contributed by atoms with Crippen LogP contribution in [0.25, 0.3) is 39.6 Å². The Hall–Kier alpha value is -4.45. The zero-order valence-electron chi connectivity index (χ0n) is 18.4. The van der Waals surface area contributed by atoms with Gasteiger partial charge in [-0.15, -0.1) is 10.2 Å². The third kappa shape index (κ3) is 2.91. The number of nitrogens with one attached hydrogen (secondary N) is 1. The normalized spacial score (nSPS) is 11.5. The molecule has 0 saturated heterocycles. The summed E-state index contributed by atoms with van der Waals surface area (Å²) >= 11 is 0. The van der Waals surface area contributed by atoms with Gasteiger partial charge in [-0.05, 0) is 49.7 Å². The molecule has 6 nitrogen and oxygen atoms in total. The van der Waals surface area contributed by atoms with Crippen LogP contribution in [0.1, 0.15) is 11.1 Å². The van der Waals surface area contributed by atoms with Crippen LogP contribution in [-0.4, -0.2) is 23.7 Å². The number of hydrogen-bond donors (Lipinski definition) is 1. The Morgan fingerprint density at radius 1 is 0.758 bits per heavy atom. The van der Waals surface area contributed by atoms with Crippen molar-refractivity contribution in [1.29, 1.82) is 5.41 Å². The zero-order chi connectivity index (χ0) is 22.5. The number of aryl methyl sites for hydroxylation is 2. The molecule has 3 aromatic carbocycles. The summed E-state index contributed by atoms with van der Waals surface area (Å²) in [5, 5.41) is 19.3. The summed E-state index contributed by atoms with van der Waals surface area (Å²) in [6.07, 6.45) is 2.09. The lowest BCUT2D eigenvalue weighted by molar-refractivity contribution is 0.911. The molecular weight excluding hydrogens is 408 g/mol. The number of aromatic nitrogens is 5. The number of hydrogen-bond acceptors (Lipinski definition) is 3. The first-order chi connectivity index (χ1) is 16.1. The molecule has 0 atom stereocenters. The molecule has 160 valence electrons. The van der Waals surface area contributed by atoms with Crippen molar-refractivity contribution in [3.8, 4) is 22.8 Å². The maximum Gasteiger partial charge on any atom is 0.243 e. The number of benzene rings is 3. The number of para-hydroxylation sites is 2. The van der Waals surface area contributed by atoms with Crippen LogP contribution in [0, 0.1) is 19.3 Å². The topological polar surface area (TPSA) is 63.9 Å². The summed E-state index contributed by atoms with van der Waals surface area (Å²) in [5.41, 5.74) is 6.34. The van der Waals surface area contributed by atoms with Crippen molar-refractivity contribution in [3.63, 3.8) is 0 Å². The van der Waals surface area contributed by atoms with Crippen molar-refractivity contribution in [2.75, 3.05) is 0 Å². The highest BCUT2D eigenvalue weighted by Crippen LogP contribution is 2.28. The fourth-order valence-corrected chi connectivity index (χ4v) is 4.53. The Morgan fingerprint density at radius 3 is 2.15 bits per heavy atom. The molecule has 0 unspecified atom stereocenters. The van der Waals surface area contributed by atoms with E-state index in [2.05, 4.69) is 69.5 Å². The smallest absolute Gasteiger partial charge is 0.243 e. The van der Waals surface area contributed by atoms with Crippen LogP contribution in [0.15, 0.2) is 91.1 Å². The van der Waals surface area contributed by atoms with Gasteiger partial charge >= 0.3 is 0 Å². The first-order valence-electron chi connectivity index (χ1n) is 10.9. The summed E-state index contributed by atoms with van der Waals surface area (Å²) in [4.78, 5) is 0. The van der Waals surface area contributed by atoms with E-state index >= 15 is 0 Å². The van der Waals surface area contributed by atoms with Crippen molar-refractivity contribution in [2.45, 2.75) is 13.8 Å². The van der Waals surface area contributed by atoms with Crippen molar-refractivity contribution < 1.29 is 0 Å². The molecule has 3 aromatic heterocycles. The zero-order valence-corrected chi connectivity index (χ0v) is 18.4. The van der Waals surface area contributed by atoms with E-state index in [4.69, 9.17) is 0 Å². The summed E-state index contributed by atoms with van der Waals surface area (Å²) < 4.78 is 6.08. The molecule has 0 aliphatic rings. The summed E-state index contributed by atoms with van der Waals surface area (Å²) in [5.74, 6) is 1.35. The number of nitrogens with zero attached hydrogens (tertiary/aromatic N) is 5. The molecule has 0 fully saturated rings. The second-order valence-electron chi connectivity index (χ2n) is 8.26. The minimum absolute atomic E-state index is 0.388. The van der Waals surface area contributed by atoms with Gasteiger partial charge in [0.15, 0.2) is 5.82 Å². The van der Waals surface area contributed by atoms with Gasteiger partial charge in [0.05, 0.1) is 11.1 Å². The van der Waals surface area contributed by atoms with Crippen molar-refractivity contribution >= 4 is 16.8 Å². The molecule has 6 heteroatoms. The Bertz CT molecular complexity index is 1690. The van der Waals surface area contributed by atoms with Gasteiger partial charge in [0.1, 0.15) is 11.1 Å². The van der Waals surface area contributed by atoms with Gasteiger partial charge in [0, 0.05) is 17.4 Å². The molecule has 0 radical (unpaired) electrons. The van der Waals surface area contributed by atoms with Crippen molar-refractivity contribution in [1.82, 2.24) is 23.7 Å². The van der Waals surface area contributed by atoms with Crippen LogP contribution < -0.4 is 5.49 Å². The number of fused-ring (bicyclic) bond motifs is 3. The standard InChI is InChI=1S/C27H22N6/c1-18-10-9-11-20(16-18)25-29-30-27-32(22-14-7-4-8-15-22)24(28)23-19(2)17-31(26(23)33(25)27)21-12-5-3-6-13-21/h3-17,28H,1-2H3. The molecule has 3 heterocycles.